The van der Waals surface area contributed by atoms with Crippen LogP contribution >= 0.6 is 11.6 Å². The summed E-state index contributed by atoms with van der Waals surface area (Å²) in [4.78, 5) is 14.9. The van der Waals surface area contributed by atoms with E-state index in [0.717, 1.165) is 5.56 Å². The molecule has 1 aliphatic heterocycles. The van der Waals surface area contributed by atoms with Crippen LogP contribution < -0.4 is 4.74 Å². The van der Waals surface area contributed by atoms with Gasteiger partial charge in [-0.25, -0.2) is 8.42 Å². The van der Waals surface area contributed by atoms with Crippen molar-refractivity contribution in [3.8, 4) is 5.75 Å². The third-order valence-corrected chi connectivity index (χ3v) is 8.29. The molecule has 36 heavy (non-hydrogen) atoms. The number of aryl methyl sites for hydroxylation is 1. The molecule has 3 aromatic carbocycles. The zero-order valence-electron chi connectivity index (χ0n) is 20.0. The SMILES string of the molecule is Cc1ccc(S(=O)(=O)N2CCN(C[C@H](O)COc3ccc(C(=O)c4ccc(Cl)cc4)cc3)CC2)cc1. The summed E-state index contributed by atoms with van der Waals surface area (Å²) in [7, 11) is -3.52. The molecule has 7 nitrogen and oxygen atoms in total. The Morgan fingerprint density at radius 3 is 2.06 bits per heavy atom. The van der Waals surface area contributed by atoms with Crippen LogP contribution in [0.2, 0.25) is 5.02 Å². The molecule has 9 heteroatoms. The molecule has 1 heterocycles. The number of benzene rings is 3. The molecule has 0 spiro atoms. The van der Waals surface area contributed by atoms with Crippen molar-refractivity contribution in [3.05, 3.63) is 94.5 Å². The van der Waals surface area contributed by atoms with Crippen LogP contribution in [-0.2, 0) is 10.0 Å². The number of halogens is 1. The topological polar surface area (TPSA) is 87.2 Å². The predicted octanol–water partition coefficient (Wildman–Crippen LogP) is 3.63. The number of ether oxygens (including phenoxy) is 1. The predicted molar refractivity (Wildman–Crippen MR) is 139 cm³/mol. The van der Waals surface area contributed by atoms with Gasteiger partial charge in [0.2, 0.25) is 10.0 Å². The smallest absolute Gasteiger partial charge is 0.243 e. The number of sulfonamides is 1. The van der Waals surface area contributed by atoms with Crippen molar-refractivity contribution >= 4 is 27.4 Å². The molecular weight excluding hydrogens is 500 g/mol. The molecule has 1 saturated heterocycles. The maximum atomic E-state index is 12.9. The molecule has 1 aliphatic rings. The summed E-state index contributed by atoms with van der Waals surface area (Å²) in [6.07, 6.45) is -0.736. The van der Waals surface area contributed by atoms with Crippen molar-refractivity contribution in [1.29, 1.82) is 0 Å². The zero-order chi connectivity index (χ0) is 25.7. The number of aliphatic hydroxyl groups is 1. The summed E-state index contributed by atoms with van der Waals surface area (Å²) in [6, 6.07) is 20.4. The number of hydrogen-bond donors (Lipinski definition) is 1. The van der Waals surface area contributed by atoms with Crippen LogP contribution in [0, 0.1) is 6.92 Å². The Labute approximate surface area is 216 Å². The highest BCUT2D eigenvalue weighted by molar-refractivity contribution is 7.89. The molecule has 190 valence electrons. The van der Waals surface area contributed by atoms with Gasteiger partial charge in [-0.3, -0.25) is 9.69 Å². The Morgan fingerprint density at radius 2 is 1.47 bits per heavy atom. The quantitative estimate of drug-likeness (QED) is 0.427. The molecule has 0 unspecified atom stereocenters. The maximum Gasteiger partial charge on any atom is 0.243 e. The van der Waals surface area contributed by atoms with E-state index >= 15 is 0 Å². The van der Waals surface area contributed by atoms with E-state index in [1.54, 1.807) is 72.8 Å². The summed E-state index contributed by atoms with van der Waals surface area (Å²) in [5.74, 6) is 0.442. The Hall–Kier alpha value is -2.75. The van der Waals surface area contributed by atoms with E-state index in [2.05, 4.69) is 0 Å². The van der Waals surface area contributed by atoms with Crippen LogP contribution in [0.5, 0.6) is 5.75 Å². The molecule has 0 saturated carbocycles. The molecule has 1 atom stereocenters. The van der Waals surface area contributed by atoms with Gasteiger partial charge in [-0.15, -0.1) is 0 Å². The number of piperazine rings is 1. The highest BCUT2D eigenvalue weighted by atomic mass is 35.5. The maximum absolute atomic E-state index is 12.9. The van der Waals surface area contributed by atoms with Gasteiger partial charge in [0.15, 0.2) is 5.78 Å². The number of hydrogen-bond acceptors (Lipinski definition) is 6. The summed E-state index contributed by atoms with van der Waals surface area (Å²) in [5.41, 5.74) is 2.09. The van der Waals surface area contributed by atoms with Crippen LogP contribution in [0.25, 0.3) is 0 Å². The van der Waals surface area contributed by atoms with Gasteiger partial charge in [0.1, 0.15) is 18.5 Å². The fraction of sp³-hybridized carbons (Fsp3) is 0.296. The summed E-state index contributed by atoms with van der Waals surface area (Å²) in [5, 5.41) is 11.0. The lowest BCUT2D eigenvalue weighted by atomic mass is 10.0. The Morgan fingerprint density at radius 1 is 0.917 bits per heavy atom. The summed E-state index contributed by atoms with van der Waals surface area (Å²) >= 11 is 5.88. The minimum Gasteiger partial charge on any atom is -0.491 e. The van der Waals surface area contributed by atoms with Gasteiger partial charge in [-0.1, -0.05) is 29.3 Å². The lowest BCUT2D eigenvalue weighted by molar-refractivity contribution is 0.0569. The second-order valence-corrected chi connectivity index (χ2v) is 11.2. The van der Waals surface area contributed by atoms with Gasteiger partial charge in [0, 0.05) is 48.9 Å². The first kappa shape index (κ1) is 26.3. The van der Waals surface area contributed by atoms with Gasteiger partial charge in [0.25, 0.3) is 0 Å². The molecule has 3 aromatic rings. The second-order valence-electron chi connectivity index (χ2n) is 8.84. The summed E-state index contributed by atoms with van der Waals surface area (Å²) < 4.78 is 32.9. The van der Waals surface area contributed by atoms with Crippen molar-refractivity contribution < 1.29 is 23.1 Å². The number of β-amino-alcohol motifs (C(OH)–C–C–N with tert-alkyl or cyclic N) is 1. The number of carbonyl (C=O) groups is 1. The number of ketones is 1. The lowest BCUT2D eigenvalue weighted by Gasteiger charge is -2.34. The van der Waals surface area contributed by atoms with Crippen LogP contribution in [0.4, 0.5) is 0 Å². The lowest BCUT2D eigenvalue weighted by Crippen LogP contribution is -2.50. The van der Waals surface area contributed by atoms with E-state index in [4.69, 9.17) is 16.3 Å². The monoisotopic (exact) mass is 528 g/mol. The molecule has 0 bridgehead atoms. The Bertz CT molecular complexity index is 1270. The largest absolute Gasteiger partial charge is 0.491 e. The molecule has 0 aromatic heterocycles. The number of nitrogens with zero attached hydrogens (tertiary/aromatic N) is 2. The van der Waals surface area contributed by atoms with Crippen molar-refractivity contribution in [3.63, 3.8) is 0 Å². The van der Waals surface area contributed by atoms with Gasteiger partial charge in [-0.2, -0.15) is 4.31 Å². The molecule has 0 amide bonds. The fourth-order valence-corrected chi connectivity index (χ4v) is 5.57. The van der Waals surface area contributed by atoms with E-state index in [9.17, 15) is 18.3 Å². The van der Waals surface area contributed by atoms with Crippen LogP contribution in [0.1, 0.15) is 21.5 Å². The molecule has 1 fully saturated rings. The van der Waals surface area contributed by atoms with Gasteiger partial charge in [0.05, 0.1) is 4.90 Å². The molecule has 4 rings (SSSR count). The standard InChI is InChI=1S/C27H29ClN2O5S/c1-20-2-12-26(13-3-20)36(33,34)30-16-14-29(15-17-30)18-24(31)19-35-25-10-6-22(7-11-25)27(32)21-4-8-23(28)9-5-21/h2-13,24,31H,14-19H2,1H3/t24-/m0/s1. The molecule has 0 radical (unpaired) electrons. The van der Waals surface area contributed by atoms with Crippen molar-refractivity contribution in [2.24, 2.45) is 0 Å². The van der Waals surface area contributed by atoms with Crippen molar-refractivity contribution in [1.82, 2.24) is 9.21 Å². The normalized spacial score (nSPS) is 16.0. The van der Waals surface area contributed by atoms with Gasteiger partial charge < -0.3 is 9.84 Å². The van der Waals surface area contributed by atoms with Crippen molar-refractivity contribution in [2.75, 3.05) is 39.3 Å². The van der Waals surface area contributed by atoms with Gasteiger partial charge in [-0.05, 0) is 67.6 Å². The zero-order valence-corrected chi connectivity index (χ0v) is 21.6. The van der Waals surface area contributed by atoms with Gasteiger partial charge >= 0.3 is 0 Å². The summed E-state index contributed by atoms with van der Waals surface area (Å²) in [6.45, 7) is 4.19. The molecular formula is C27H29ClN2O5S. The van der Waals surface area contributed by atoms with E-state index in [-0.39, 0.29) is 12.4 Å². The highest BCUT2D eigenvalue weighted by Gasteiger charge is 2.29. The number of rotatable bonds is 9. The molecule has 0 aliphatic carbocycles. The van der Waals surface area contributed by atoms with E-state index in [0.29, 0.717) is 59.5 Å². The third-order valence-electron chi connectivity index (χ3n) is 6.12. The van der Waals surface area contributed by atoms with E-state index in [1.165, 1.54) is 4.31 Å². The van der Waals surface area contributed by atoms with Crippen LogP contribution in [-0.4, -0.2) is 73.9 Å². The van der Waals surface area contributed by atoms with Crippen molar-refractivity contribution in [2.45, 2.75) is 17.9 Å². The average Bonchev–Trinajstić information content (AvgIpc) is 2.88. The first-order valence-electron chi connectivity index (χ1n) is 11.7. The van der Waals surface area contributed by atoms with Crippen LogP contribution in [0.3, 0.4) is 0 Å². The number of carbonyl (C=O) groups excluding carboxylic acids is 1. The molecule has 1 N–H and O–H groups in total. The first-order chi connectivity index (χ1) is 17.2. The highest BCUT2D eigenvalue weighted by Crippen LogP contribution is 2.19. The second kappa shape index (κ2) is 11.5. The fourth-order valence-electron chi connectivity index (χ4n) is 4.03. The Balaban J connectivity index is 1.23. The number of aliphatic hydroxyl groups excluding tert-OH is 1. The average molecular weight is 529 g/mol. The van der Waals surface area contributed by atoms with Crippen LogP contribution in [0.15, 0.2) is 77.7 Å². The minimum absolute atomic E-state index is 0.0896. The van der Waals surface area contributed by atoms with E-state index in [1.807, 2.05) is 11.8 Å². The Kier molecular flexibility index (Phi) is 8.43. The minimum atomic E-state index is -3.52. The first-order valence-corrected chi connectivity index (χ1v) is 13.5. The third kappa shape index (κ3) is 6.52. The van der Waals surface area contributed by atoms with E-state index < -0.39 is 16.1 Å².